The van der Waals surface area contributed by atoms with Gasteiger partial charge in [-0.25, -0.2) is 4.90 Å². The zero-order chi connectivity index (χ0) is 19.8. The normalized spacial score (nSPS) is 20.6. The molecule has 2 heterocycles. The van der Waals surface area contributed by atoms with E-state index in [-0.39, 0.29) is 6.54 Å². The Balaban J connectivity index is 1.48. The highest BCUT2D eigenvalue weighted by Gasteiger charge is 2.55. The van der Waals surface area contributed by atoms with E-state index >= 15 is 0 Å². The molecule has 2 atom stereocenters. The average molecular weight is 398 g/mol. The lowest BCUT2D eigenvalue weighted by molar-refractivity contribution is -0.123. The van der Waals surface area contributed by atoms with E-state index in [1.807, 2.05) is 19.1 Å². The fourth-order valence-corrected chi connectivity index (χ4v) is 3.41. The number of halogens is 1. The lowest BCUT2D eigenvalue weighted by Crippen LogP contribution is -2.43. The van der Waals surface area contributed by atoms with Gasteiger partial charge in [-0.1, -0.05) is 40.6 Å². The van der Waals surface area contributed by atoms with E-state index in [1.165, 1.54) is 5.01 Å². The van der Waals surface area contributed by atoms with Gasteiger partial charge in [0.1, 0.15) is 6.54 Å². The van der Waals surface area contributed by atoms with Crippen molar-refractivity contribution in [2.75, 3.05) is 16.8 Å². The number of aryl methyl sites for hydroxylation is 1. The molecule has 1 fully saturated rings. The number of hydrogen-bond acceptors (Lipinski definition) is 6. The Bertz CT molecular complexity index is 991. The van der Waals surface area contributed by atoms with Crippen LogP contribution in [0.25, 0.3) is 0 Å². The molecule has 4 rings (SSSR count). The van der Waals surface area contributed by atoms with Gasteiger partial charge in [0.25, 0.3) is 11.8 Å². The Morgan fingerprint density at radius 1 is 1.14 bits per heavy atom. The molecule has 0 aromatic heterocycles. The second-order valence-corrected chi connectivity index (χ2v) is 7.03. The van der Waals surface area contributed by atoms with E-state index < -0.39 is 29.8 Å². The Labute approximate surface area is 165 Å². The van der Waals surface area contributed by atoms with Crippen LogP contribution in [0.2, 0.25) is 5.02 Å². The number of nitrogens with zero attached hydrogens (tertiary/aromatic N) is 4. The fourth-order valence-electron chi connectivity index (χ4n) is 3.22. The molecular formula is C19H16ClN5O3. The number of rotatable bonds is 4. The first kappa shape index (κ1) is 18.1. The van der Waals surface area contributed by atoms with Gasteiger partial charge in [-0.05, 0) is 37.3 Å². The van der Waals surface area contributed by atoms with Crippen molar-refractivity contribution in [3.8, 4) is 0 Å². The molecule has 1 saturated heterocycles. The molecule has 9 heteroatoms. The number of hydrogen-bond donors (Lipinski definition) is 1. The lowest BCUT2D eigenvalue weighted by Gasteiger charge is -2.20. The van der Waals surface area contributed by atoms with Gasteiger partial charge < -0.3 is 5.32 Å². The van der Waals surface area contributed by atoms with Crippen LogP contribution in [0.5, 0.6) is 0 Å². The summed E-state index contributed by atoms with van der Waals surface area (Å²) in [5.41, 5.74) is 2.02. The summed E-state index contributed by atoms with van der Waals surface area (Å²) < 4.78 is 0. The van der Waals surface area contributed by atoms with Crippen molar-refractivity contribution in [1.29, 1.82) is 0 Å². The smallest absolute Gasteiger partial charge is 0.263 e. The monoisotopic (exact) mass is 397 g/mol. The van der Waals surface area contributed by atoms with E-state index in [1.54, 1.807) is 36.4 Å². The van der Waals surface area contributed by atoms with Crippen molar-refractivity contribution < 1.29 is 14.4 Å². The fraction of sp³-hybridized carbons (Fsp3) is 0.211. The minimum atomic E-state index is -0.937. The molecule has 2 aliphatic rings. The summed E-state index contributed by atoms with van der Waals surface area (Å²) in [6.45, 7) is 1.71. The number of carbonyl (C=O) groups excluding carboxylic acids is 3. The minimum absolute atomic E-state index is 0.210. The number of anilines is 2. The molecular weight excluding hydrogens is 382 g/mol. The SMILES string of the molecule is Cc1ccc(N2C(=O)C3N=NN(CC(=O)Nc4cccc(Cl)c4)C3C2=O)cc1. The molecule has 0 saturated carbocycles. The number of imide groups is 1. The third-order valence-electron chi connectivity index (χ3n) is 4.56. The van der Waals surface area contributed by atoms with Crippen LogP contribution in [0.15, 0.2) is 58.9 Å². The zero-order valence-electron chi connectivity index (χ0n) is 14.9. The highest BCUT2D eigenvalue weighted by atomic mass is 35.5. The molecule has 8 nitrogen and oxygen atoms in total. The van der Waals surface area contributed by atoms with E-state index in [0.29, 0.717) is 16.4 Å². The maximum Gasteiger partial charge on any atom is 0.263 e. The molecule has 2 aromatic carbocycles. The quantitative estimate of drug-likeness (QED) is 0.802. The summed E-state index contributed by atoms with van der Waals surface area (Å²) in [7, 11) is 0. The van der Waals surface area contributed by atoms with Gasteiger partial charge in [0.15, 0.2) is 12.1 Å². The molecule has 0 spiro atoms. The maximum absolute atomic E-state index is 12.9. The van der Waals surface area contributed by atoms with Crippen LogP contribution in [0, 0.1) is 6.92 Å². The number of amides is 3. The third-order valence-corrected chi connectivity index (χ3v) is 4.80. The molecule has 28 heavy (non-hydrogen) atoms. The van der Waals surface area contributed by atoms with Gasteiger partial charge in [0.2, 0.25) is 5.91 Å². The first-order chi connectivity index (χ1) is 13.4. The van der Waals surface area contributed by atoms with Crippen molar-refractivity contribution in [2.24, 2.45) is 10.3 Å². The number of nitrogens with one attached hydrogen (secondary N) is 1. The Kier molecular flexibility index (Phi) is 4.56. The van der Waals surface area contributed by atoms with Crippen LogP contribution in [0.4, 0.5) is 11.4 Å². The summed E-state index contributed by atoms with van der Waals surface area (Å²) in [5, 5.41) is 12.2. The highest BCUT2D eigenvalue weighted by molar-refractivity contribution is 6.31. The summed E-state index contributed by atoms with van der Waals surface area (Å²) >= 11 is 5.91. The largest absolute Gasteiger partial charge is 0.324 e. The van der Waals surface area contributed by atoms with Crippen molar-refractivity contribution in [1.82, 2.24) is 5.01 Å². The van der Waals surface area contributed by atoms with Crippen LogP contribution in [0.3, 0.4) is 0 Å². The lowest BCUT2D eigenvalue weighted by atomic mass is 10.1. The number of carbonyl (C=O) groups is 3. The molecule has 2 unspecified atom stereocenters. The molecule has 0 radical (unpaired) electrons. The van der Waals surface area contributed by atoms with Gasteiger partial charge in [-0.2, -0.15) is 5.11 Å². The van der Waals surface area contributed by atoms with Gasteiger partial charge in [0, 0.05) is 10.7 Å². The van der Waals surface area contributed by atoms with Crippen LogP contribution < -0.4 is 10.2 Å². The first-order valence-corrected chi connectivity index (χ1v) is 8.99. The molecule has 2 aliphatic heterocycles. The van der Waals surface area contributed by atoms with Crippen LogP contribution >= 0.6 is 11.6 Å². The standard InChI is InChI=1S/C19H16ClN5O3/c1-11-5-7-14(8-6-11)25-18(27)16-17(19(25)28)24(23-22-16)10-15(26)21-13-4-2-3-12(20)9-13/h2-9,16-17H,10H2,1H3,(H,21,26). The predicted octanol–water partition coefficient (Wildman–Crippen LogP) is 2.58. The molecule has 2 aromatic rings. The number of fused-ring (bicyclic) bond motifs is 1. The summed E-state index contributed by atoms with van der Waals surface area (Å²) in [5.74, 6) is -1.28. The summed E-state index contributed by atoms with van der Waals surface area (Å²) in [4.78, 5) is 39.0. The minimum Gasteiger partial charge on any atom is -0.324 e. The van der Waals surface area contributed by atoms with Gasteiger partial charge in [-0.3, -0.25) is 19.4 Å². The van der Waals surface area contributed by atoms with Crippen LogP contribution in [0.1, 0.15) is 5.56 Å². The molecule has 0 aliphatic carbocycles. The Morgan fingerprint density at radius 2 is 1.89 bits per heavy atom. The summed E-state index contributed by atoms with van der Waals surface area (Å²) in [6, 6.07) is 11.9. The van der Waals surface area contributed by atoms with Crippen LogP contribution in [-0.4, -0.2) is 41.4 Å². The Hall–Kier alpha value is -3.26. The first-order valence-electron chi connectivity index (χ1n) is 8.61. The maximum atomic E-state index is 12.9. The van der Waals surface area contributed by atoms with Gasteiger partial charge in [-0.15, -0.1) is 0 Å². The third kappa shape index (κ3) is 3.22. The average Bonchev–Trinajstić information content (AvgIpc) is 3.16. The highest BCUT2D eigenvalue weighted by Crippen LogP contribution is 2.31. The van der Waals surface area contributed by atoms with Gasteiger partial charge in [0.05, 0.1) is 5.69 Å². The van der Waals surface area contributed by atoms with Crippen molar-refractivity contribution in [2.45, 2.75) is 19.0 Å². The van der Waals surface area contributed by atoms with E-state index in [4.69, 9.17) is 11.6 Å². The molecule has 0 bridgehead atoms. The second kappa shape index (κ2) is 7.05. The van der Waals surface area contributed by atoms with E-state index in [2.05, 4.69) is 15.7 Å². The molecule has 3 amide bonds. The number of benzene rings is 2. The molecule has 1 N–H and O–H groups in total. The predicted molar refractivity (Wildman–Crippen MR) is 103 cm³/mol. The molecule has 142 valence electrons. The Morgan fingerprint density at radius 3 is 2.61 bits per heavy atom. The van der Waals surface area contributed by atoms with E-state index in [0.717, 1.165) is 10.5 Å². The van der Waals surface area contributed by atoms with Crippen molar-refractivity contribution in [3.63, 3.8) is 0 Å². The van der Waals surface area contributed by atoms with Gasteiger partial charge >= 0.3 is 0 Å². The van der Waals surface area contributed by atoms with E-state index in [9.17, 15) is 14.4 Å². The van der Waals surface area contributed by atoms with Crippen molar-refractivity contribution >= 4 is 40.7 Å². The zero-order valence-corrected chi connectivity index (χ0v) is 15.6. The summed E-state index contributed by atoms with van der Waals surface area (Å²) in [6.07, 6.45) is 0. The van der Waals surface area contributed by atoms with Crippen molar-refractivity contribution in [3.05, 3.63) is 59.1 Å². The van der Waals surface area contributed by atoms with Crippen LogP contribution in [-0.2, 0) is 14.4 Å². The second-order valence-electron chi connectivity index (χ2n) is 6.60. The topological polar surface area (TPSA) is 94.4 Å².